The van der Waals surface area contributed by atoms with E-state index in [-0.39, 0.29) is 17.0 Å². The first-order valence-corrected chi connectivity index (χ1v) is 7.96. The van der Waals surface area contributed by atoms with Gasteiger partial charge in [-0.1, -0.05) is 23.8 Å². The molecule has 0 unspecified atom stereocenters. The van der Waals surface area contributed by atoms with Crippen LogP contribution in [-0.4, -0.2) is 24.8 Å². The van der Waals surface area contributed by atoms with E-state index in [0.29, 0.717) is 0 Å². The van der Waals surface area contributed by atoms with Crippen molar-refractivity contribution in [3.8, 4) is 0 Å². The lowest BCUT2D eigenvalue weighted by Crippen LogP contribution is -2.27. The number of sulfonamides is 1. The van der Waals surface area contributed by atoms with Crippen LogP contribution >= 0.6 is 0 Å². The Bertz CT molecular complexity index is 789. The number of pyridine rings is 1. The molecule has 1 aromatic carbocycles. The fourth-order valence-corrected chi connectivity index (χ4v) is 3.20. The zero-order valence-electron chi connectivity index (χ0n) is 12.3. The van der Waals surface area contributed by atoms with E-state index in [1.165, 1.54) is 29.7 Å². The molecule has 0 aliphatic carbocycles. The van der Waals surface area contributed by atoms with Gasteiger partial charge in [0.1, 0.15) is 0 Å². The molecule has 0 saturated heterocycles. The fourth-order valence-electron chi connectivity index (χ4n) is 2.08. The van der Waals surface area contributed by atoms with Gasteiger partial charge in [-0.25, -0.2) is 8.42 Å². The molecule has 0 fully saturated rings. The van der Waals surface area contributed by atoms with Gasteiger partial charge in [-0.15, -0.1) is 0 Å². The number of hydrogen-bond acceptors (Lipinski definition) is 3. The van der Waals surface area contributed by atoms with Crippen molar-refractivity contribution >= 4 is 10.0 Å². The third-order valence-electron chi connectivity index (χ3n) is 3.35. The molecular weight excluding hydrogens is 288 g/mol. The first kappa shape index (κ1) is 15.5. The molecule has 1 N–H and O–H groups in total. The number of benzene rings is 1. The second kappa shape index (κ2) is 5.83. The minimum absolute atomic E-state index is 0.0781. The van der Waals surface area contributed by atoms with E-state index < -0.39 is 10.0 Å². The largest absolute Gasteiger partial charge is 0.328 e. The molecule has 0 saturated carbocycles. The number of aromatic amines is 1. The molecule has 0 aliphatic rings. The van der Waals surface area contributed by atoms with E-state index in [4.69, 9.17) is 0 Å². The van der Waals surface area contributed by atoms with Gasteiger partial charge in [0.25, 0.3) is 0 Å². The van der Waals surface area contributed by atoms with Crippen molar-refractivity contribution in [3.63, 3.8) is 0 Å². The van der Waals surface area contributed by atoms with Crippen LogP contribution in [0.4, 0.5) is 0 Å². The molecule has 0 spiro atoms. The van der Waals surface area contributed by atoms with Crippen LogP contribution in [0.15, 0.2) is 46.2 Å². The molecule has 6 heteroatoms. The highest BCUT2D eigenvalue weighted by Gasteiger charge is 2.21. The van der Waals surface area contributed by atoms with Gasteiger partial charge in [-0.3, -0.25) is 4.79 Å². The van der Waals surface area contributed by atoms with E-state index in [1.807, 2.05) is 32.0 Å². The Kier molecular flexibility index (Phi) is 4.29. The monoisotopic (exact) mass is 306 g/mol. The zero-order valence-corrected chi connectivity index (χ0v) is 13.1. The molecule has 0 amide bonds. The molecule has 0 aliphatic heterocycles. The molecule has 0 radical (unpaired) electrons. The number of H-pyrrole nitrogens is 1. The summed E-state index contributed by atoms with van der Waals surface area (Å²) in [6.45, 7) is 4.24. The second-order valence-electron chi connectivity index (χ2n) is 5.08. The quantitative estimate of drug-likeness (QED) is 0.936. The maximum atomic E-state index is 12.4. The SMILES string of the molecule is Cc1ccc(CN(C)S(=O)(=O)c2ccc(=O)[nH]c2)c(C)c1. The Morgan fingerprint density at radius 3 is 2.43 bits per heavy atom. The van der Waals surface area contributed by atoms with Gasteiger partial charge >= 0.3 is 0 Å². The molecule has 1 aromatic heterocycles. The van der Waals surface area contributed by atoms with Crippen molar-refractivity contribution in [1.29, 1.82) is 0 Å². The average Bonchev–Trinajstić information content (AvgIpc) is 2.42. The highest BCUT2D eigenvalue weighted by atomic mass is 32.2. The minimum atomic E-state index is -3.62. The van der Waals surface area contributed by atoms with Gasteiger partial charge in [0, 0.05) is 25.9 Å². The summed E-state index contributed by atoms with van der Waals surface area (Å²) in [4.78, 5) is 13.5. The maximum Gasteiger partial charge on any atom is 0.247 e. The standard InChI is InChI=1S/C15H18N2O3S/c1-11-4-5-13(12(2)8-11)10-17(3)21(19,20)14-6-7-15(18)16-9-14/h4-9H,10H2,1-3H3,(H,16,18). The number of hydrogen-bond donors (Lipinski definition) is 1. The average molecular weight is 306 g/mol. The van der Waals surface area contributed by atoms with Gasteiger partial charge in [-0.05, 0) is 31.0 Å². The fraction of sp³-hybridized carbons (Fsp3) is 0.267. The molecule has 0 atom stereocenters. The first-order chi connectivity index (χ1) is 9.80. The summed E-state index contributed by atoms with van der Waals surface area (Å²) in [6.07, 6.45) is 1.22. The maximum absolute atomic E-state index is 12.4. The highest BCUT2D eigenvalue weighted by Crippen LogP contribution is 2.17. The summed E-state index contributed by atoms with van der Waals surface area (Å²) in [5, 5.41) is 0. The Morgan fingerprint density at radius 2 is 1.86 bits per heavy atom. The van der Waals surface area contributed by atoms with Crippen LogP contribution in [0.3, 0.4) is 0 Å². The number of aryl methyl sites for hydroxylation is 2. The smallest absolute Gasteiger partial charge is 0.247 e. The number of aromatic nitrogens is 1. The van der Waals surface area contributed by atoms with Crippen molar-refractivity contribution in [2.24, 2.45) is 0 Å². The van der Waals surface area contributed by atoms with Crippen molar-refractivity contribution < 1.29 is 8.42 Å². The van der Waals surface area contributed by atoms with Gasteiger partial charge in [0.05, 0.1) is 4.90 Å². The molecule has 112 valence electrons. The predicted molar refractivity (Wildman–Crippen MR) is 81.6 cm³/mol. The lowest BCUT2D eigenvalue weighted by Gasteiger charge is -2.18. The van der Waals surface area contributed by atoms with Crippen LogP contribution in [0.1, 0.15) is 16.7 Å². The van der Waals surface area contributed by atoms with Crippen LogP contribution in [-0.2, 0) is 16.6 Å². The van der Waals surface area contributed by atoms with Gasteiger partial charge in [-0.2, -0.15) is 4.31 Å². The molecule has 21 heavy (non-hydrogen) atoms. The molecule has 5 nitrogen and oxygen atoms in total. The van der Waals surface area contributed by atoms with Crippen LogP contribution in [0.25, 0.3) is 0 Å². The topological polar surface area (TPSA) is 70.2 Å². The second-order valence-corrected chi connectivity index (χ2v) is 7.12. The number of nitrogens with zero attached hydrogens (tertiary/aromatic N) is 1. The molecular formula is C15H18N2O3S. The van der Waals surface area contributed by atoms with E-state index in [1.54, 1.807) is 0 Å². The zero-order chi connectivity index (χ0) is 15.6. The van der Waals surface area contributed by atoms with Crippen LogP contribution < -0.4 is 5.56 Å². The Balaban J connectivity index is 2.28. The Hall–Kier alpha value is -1.92. The Labute approximate surface area is 124 Å². The lowest BCUT2D eigenvalue weighted by atomic mass is 10.1. The Morgan fingerprint density at radius 1 is 1.14 bits per heavy atom. The summed E-state index contributed by atoms with van der Waals surface area (Å²) in [7, 11) is -2.09. The summed E-state index contributed by atoms with van der Waals surface area (Å²) in [5.74, 6) is 0. The molecule has 2 rings (SSSR count). The third-order valence-corrected chi connectivity index (χ3v) is 5.15. The normalized spacial score (nSPS) is 11.8. The van der Waals surface area contributed by atoms with Gasteiger partial charge < -0.3 is 4.98 Å². The van der Waals surface area contributed by atoms with Crippen molar-refractivity contribution in [1.82, 2.24) is 9.29 Å². The van der Waals surface area contributed by atoms with E-state index in [0.717, 1.165) is 16.7 Å². The van der Waals surface area contributed by atoms with Crippen LogP contribution in [0, 0.1) is 13.8 Å². The van der Waals surface area contributed by atoms with Crippen LogP contribution in [0.5, 0.6) is 0 Å². The number of nitrogens with one attached hydrogen (secondary N) is 1. The molecule has 0 bridgehead atoms. The van der Waals surface area contributed by atoms with E-state index >= 15 is 0 Å². The molecule has 1 heterocycles. The summed E-state index contributed by atoms with van der Waals surface area (Å²) in [6, 6.07) is 8.44. The summed E-state index contributed by atoms with van der Waals surface area (Å²) in [5.41, 5.74) is 2.82. The van der Waals surface area contributed by atoms with Gasteiger partial charge in [0.15, 0.2) is 0 Å². The highest BCUT2D eigenvalue weighted by molar-refractivity contribution is 7.89. The number of rotatable bonds is 4. The summed E-state index contributed by atoms with van der Waals surface area (Å²) < 4.78 is 26.1. The predicted octanol–water partition coefficient (Wildman–Crippen LogP) is 1.81. The third kappa shape index (κ3) is 3.40. The van der Waals surface area contributed by atoms with E-state index in [2.05, 4.69) is 4.98 Å². The minimum Gasteiger partial charge on any atom is -0.328 e. The van der Waals surface area contributed by atoms with Crippen LogP contribution in [0.2, 0.25) is 0 Å². The molecule has 2 aromatic rings. The summed E-state index contributed by atoms with van der Waals surface area (Å²) >= 11 is 0. The van der Waals surface area contributed by atoms with Crippen molar-refractivity contribution in [2.75, 3.05) is 7.05 Å². The first-order valence-electron chi connectivity index (χ1n) is 6.52. The van der Waals surface area contributed by atoms with E-state index in [9.17, 15) is 13.2 Å². The van der Waals surface area contributed by atoms with Crippen molar-refractivity contribution in [3.05, 3.63) is 63.6 Å². The lowest BCUT2D eigenvalue weighted by molar-refractivity contribution is 0.465. The van der Waals surface area contributed by atoms with Gasteiger partial charge in [0.2, 0.25) is 15.6 Å². The van der Waals surface area contributed by atoms with Crippen molar-refractivity contribution in [2.45, 2.75) is 25.3 Å².